The molecule has 6 heteroatoms. The number of pyridine rings is 1. The van der Waals surface area contributed by atoms with E-state index in [1.54, 1.807) is 0 Å². The molecule has 0 spiro atoms. The molecule has 0 aliphatic heterocycles. The molecule has 0 fully saturated rings. The van der Waals surface area contributed by atoms with Crippen molar-refractivity contribution in [3.63, 3.8) is 0 Å². The zero-order valence-corrected chi connectivity index (χ0v) is 8.77. The first kappa shape index (κ1) is 12.5. The first-order valence-corrected chi connectivity index (χ1v) is 4.66. The van der Waals surface area contributed by atoms with E-state index in [0.717, 1.165) is 12.3 Å². The molecular formula is C10H13FN2O3. The Bertz CT molecular complexity index is 363. The summed E-state index contributed by atoms with van der Waals surface area (Å²) in [5.41, 5.74) is -0.944. The van der Waals surface area contributed by atoms with Gasteiger partial charge in [-0.15, -0.1) is 0 Å². The molecule has 1 rings (SSSR count). The lowest BCUT2D eigenvalue weighted by atomic mass is 10.0. The van der Waals surface area contributed by atoms with Crippen molar-refractivity contribution < 1.29 is 19.4 Å². The Hall–Kier alpha value is -1.53. The second-order valence-electron chi connectivity index (χ2n) is 3.70. The molecule has 16 heavy (non-hydrogen) atoms. The summed E-state index contributed by atoms with van der Waals surface area (Å²) in [7, 11) is 0. The molecule has 0 unspecified atom stereocenters. The Morgan fingerprint density at radius 1 is 1.50 bits per heavy atom. The highest BCUT2D eigenvalue weighted by molar-refractivity contribution is 5.94. The molecule has 0 aromatic carbocycles. The lowest BCUT2D eigenvalue weighted by molar-refractivity contribution is 0.0723. The number of rotatable bonds is 4. The van der Waals surface area contributed by atoms with E-state index in [9.17, 15) is 9.18 Å². The van der Waals surface area contributed by atoms with Gasteiger partial charge in [0, 0.05) is 6.20 Å². The maximum absolute atomic E-state index is 12.5. The van der Waals surface area contributed by atoms with Gasteiger partial charge in [-0.1, -0.05) is 0 Å². The van der Waals surface area contributed by atoms with Crippen molar-refractivity contribution >= 4 is 5.91 Å². The van der Waals surface area contributed by atoms with Crippen LogP contribution in [0.3, 0.4) is 0 Å². The lowest BCUT2D eigenvalue weighted by Crippen LogP contribution is -2.51. The number of aliphatic hydroxyl groups excluding tert-OH is 2. The fraction of sp³-hybridized carbons (Fsp3) is 0.400. The summed E-state index contributed by atoms with van der Waals surface area (Å²) in [6.45, 7) is 0.690. The van der Waals surface area contributed by atoms with Gasteiger partial charge in [0.1, 0.15) is 0 Å². The number of halogens is 1. The first-order chi connectivity index (χ1) is 7.50. The Kier molecular flexibility index (Phi) is 3.92. The van der Waals surface area contributed by atoms with Crippen molar-refractivity contribution in [2.45, 2.75) is 12.5 Å². The van der Waals surface area contributed by atoms with Gasteiger partial charge in [-0.3, -0.25) is 4.79 Å². The maximum Gasteiger partial charge on any atom is 0.253 e. The van der Waals surface area contributed by atoms with Crippen LogP contribution in [0.15, 0.2) is 18.3 Å². The molecule has 1 aromatic rings. The molecule has 0 radical (unpaired) electrons. The molecule has 0 aliphatic carbocycles. The third-order valence-corrected chi connectivity index (χ3v) is 2.10. The van der Waals surface area contributed by atoms with E-state index >= 15 is 0 Å². The molecule has 0 saturated carbocycles. The predicted octanol–water partition coefficient (Wildman–Crippen LogP) is -0.306. The number of carbonyl (C=O) groups excluding carboxylic acids is 1. The Morgan fingerprint density at radius 3 is 2.56 bits per heavy atom. The molecule has 1 amide bonds. The van der Waals surface area contributed by atoms with Crippen LogP contribution in [0.2, 0.25) is 0 Å². The van der Waals surface area contributed by atoms with Gasteiger partial charge in [-0.05, 0) is 19.1 Å². The van der Waals surface area contributed by atoms with Crippen molar-refractivity contribution in [1.82, 2.24) is 10.3 Å². The lowest BCUT2D eigenvalue weighted by Gasteiger charge is -2.26. The molecule has 0 atom stereocenters. The van der Waals surface area contributed by atoms with Gasteiger partial charge in [0.2, 0.25) is 5.95 Å². The molecule has 1 aromatic heterocycles. The van der Waals surface area contributed by atoms with Gasteiger partial charge >= 0.3 is 0 Å². The molecule has 1 heterocycles. The molecule has 88 valence electrons. The number of aliphatic hydroxyl groups is 2. The number of aromatic nitrogens is 1. The van der Waals surface area contributed by atoms with E-state index in [2.05, 4.69) is 10.3 Å². The molecule has 0 bridgehead atoms. The van der Waals surface area contributed by atoms with E-state index in [1.165, 1.54) is 13.0 Å². The zero-order chi connectivity index (χ0) is 12.2. The minimum absolute atomic E-state index is 0.162. The quantitative estimate of drug-likeness (QED) is 0.617. The van der Waals surface area contributed by atoms with Crippen LogP contribution in [0.1, 0.15) is 17.3 Å². The van der Waals surface area contributed by atoms with Crippen LogP contribution in [0.5, 0.6) is 0 Å². The predicted molar refractivity (Wildman–Crippen MR) is 54.2 cm³/mol. The number of amides is 1. The fourth-order valence-electron chi connectivity index (χ4n) is 0.985. The molecule has 5 nitrogen and oxygen atoms in total. The van der Waals surface area contributed by atoms with Crippen LogP contribution in [-0.4, -0.2) is 39.9 Å². The maximum atomic E-state index is 12.5. The largest absolute Gasteiger partial charge is 0.394 e. The van der Waals surface area contributed by atoms with Crippen LogP contribution >= 0.6 is 0 Å². The van der Waals surface area contributed by atoms with Crippen LogP contribution in [0, 0.1) is 5.95 Å². The average molecular weight is 228 g/mol. The second-order valence-corrected chi connectivity index (χ2v) is 3.70. The van der Waals surface area contributed by atoms with E-state index < -0.39 is 30.6 Å². The van der Waals surface area contributed by atoms with Crippen LogP contribution in [0.25, 0.3) is 0 Å². The van der Waals surface area contributed by atoms with Gasteiger partial charge in [0.15, 0.2) is 0 Å². The van der Waals surface area contributed by atoms with E-state index in [0.29, 0.717) is 0 Å². The Labute approximate surface area is 91.9 Å². The summed E-state index contributed by atoms with van der Waals surface area (Å²) in [5, 5.41) is 20.4. The summed E-state index contributed by atoms with van der Waals surface area (Å²) >= 11 is 0. The summed E-state index contributed by atoms with van der Waals surface area (Å²) in [6.07, 6.45) is 1.08. The number of hydrogen-bond donors (Lipinski definition) is 3. The topological polar surface area (TPSA) is 82.5 Å². The highest BCUT2D eigenvalue weighted by Gasteiger charge is 2.25. The normalized spacial score (nSPS) is 11.2. The highest BCUT2D eigenvalue weighted by atomic mass is 19.1. The van der Waals surface area contributed by atoms with Gasteiger partial charge in [-0.2, -0.15) is 4.39 Å². The average Bonchev–Trinajstić information content (AvgIpc) is 2.29. The molecule has 3 N–H and O–H groups in total. The van der Waals surface area contributed by atoms with Gasteiger partial charge in [0.05, 0.1) is 24.3 Å². The number of hydrogen-bond acceptors (Lipinski definition) is 4. The first-order valence-electron chi connectivity index (χ1n) is 4.66. The van der Waals surface area contributed by atoms with Crippen LogP contribution < -0.4 is 5.32 Å². The van der Waals surface area contributed by atoms with Crippen molar-refractivity contribution in [2.24, 2.45) is 0 Å². The SMILES string of the molecule is CC(CO)(CO)NC(=O)c1ccc(F)nc1. The Balaban J connectivity index is 2.76. The fourth-order valence-corrected chi connectivity index (χ4v) is 0.985. The van der Waals surface area contributed by atoms with E-state index in [-0.39, 0.29) is 5.56 Å². The van der Waals surface area contributed by atoms with Crippen LogP contribution in [0.4, 0.5) is 4.39 Å². The minimum atomic E-state index is -1.11. The van der Waals surface area contributed by atoms with Gasteiger partial charge < -0.3 is 15.5 Å². The smallest absolute Gasteiger partial charge is 0.253 e. The second kappa shape index (κ2) is 5.00. The van der Waals surface area contributed by atoms with Gasteiger partial charge in [0.25, 0.3) is 5.91 Å². The monoisotopic (exact) mass is 228 g/mol. The summed E-state index contributed by atoms with van der Waals surface area (Å²) < 4.78 is 12.5. The minimum Gasteiger partial charge on any atom is -0.394 e. The standard InChI is InChI=1S/C10H13FN2O3/c1-10(5-14,6-15)13-9(16)7-2-3-8(11)12-4-7/h2-4,14-15H,5-6H2,1H3,(H,13,16). The van der Waals surface area contributed by atoms with Crippen molar-refractivity contribution in [3.8, 4) is 0 Å². The molecule has 0 saturated heterocycles. The van der Waals surface area contributed by atoms with E-state index in [1.807, 2.05) is 0 Å². The van der Waals surface area contributed by atoms with Crippen molar-refractivity contribution in [1.29, 1.82) is 0 Å². The third kappa shape index (κ3) is 2.98. The molecule has 0 aliphatic rings. The van der Waals surface area contributed by atoms with Crippen molar-refractivity contribution in [3.05, 3.63) is 29.8 Å². The number of nitrogens with one attached hydrogen (secondary N) is 1. The summed E-state index contributed by atoms with van der Waals surface area (Å²) in [4.78, 5) is 14.9. The van der Waals surface area contributed by atoms with Crippen LogP contribution in [-0.2, 0) is 0 Å². The Morgan fingerprint density at radius 2 is 2.12 bits per heavy atom. The number of nitrogens with zero attached hydrogens (tertiary/aromatic N) is 1. The number of carbonyl (C=O) groups is 1. The van der Waals surface area contributed by atoms with Crippen molar-refractivity contribution in [2.75, 3.05) is 13.2 Å². The summed E-state index contributed by atoms with van der Waals surface area (Å²) in [5.74, 6) is -1.21. The van der Waals surface area contributed by atoms with Gasteiger partial charge in [-0.25, -0.2) is 4.98 Å². The zero-order valence-electron chi connectivity index (χ0n) is 8.77. The molecular weight excluding hydrogens is 215 g/mol. The summed E-state index contributed by atoms with van der Waals surface area (Å²) in [6, 6.07) is 2.33. The third-order valence-electron chi connectivity index (χ3n) is 2.10. The van der Waals surface area contributed by atoms with E-state index in [4.69, 9.17) is 10.2 Å². The highest BCUT2D eigenvalue weighted by Crippen LogP contribution is 2.05.